The van der Waals surface area contributed by atoms with E-state index in [-0.39, 0.29) is 0 Å². The third-order valence-corrected chi connectivity index (χ3v) is 4.27. The number of benzene rings is 2. The van der Waals surface area contributed by atoms with E-state index in [2.05, 4.69) is 12.1 Å². The number of hydrogen-bond donors (Lipinski definition) is 0. The molecule has 0 fully saturated rings. The van der Waals surface area contributed by atoms with Gasteiger partial charge in [-0.05, 0) is 35.9 Å². The van der Waals surface area contributed by atoms with Crippen LogP contribution in [0.3, 0.4) is 0 Å². The van der Waals surface area contributed by atoms with Gasteiger partial charge in [0.15, 0.2) is 11.5 Å². The van der Waals surface area contributed by atoms with Crippen LogP contribution in [0.25, 0.3) is 0 Å². The molecule has 2 aromatic carbocycles. The lowest BCUT2D eigenvalue weighted by molar-refractivity contribution is 0.297. The summed E-state index contributed by atoms with van der Waals surface area (Å²) >= 11 is 1.75. The molecule has 2 aromatic rings. The van der Waals surface area contributed by atoms with Gasteiger partial charge in [0.2, 0.25) is 0 Å². The number of thioether (sulfide) groups is 1. The van der Waals surface area contributed by atoms with E-state index in [4.69, 9.17) is 14.7 Å². The first kappa shape index (κ1) is 13.8. The van der Waals surface area contributed by atoms with Crippen LogP contribution >= 0.6 is 11.8 Å². The third-order valence-electron chi connectivity index (χ3n) is 3.21. The summed E-state index contributed by atoms with van der Waals surface area (Å²) < 4.78 is 11.3. The zero-order chi connectivity index (χ0) is 14.5. The quantitative estimate of drug-likeness (QED) is 0.803. The van der Waals surface area contributed by atoms with E-state index in [1.165, 1.54) is 5.56 Å². The summed E-state index contributed by atoms with van der Waals surface area (Å²) in [5.74, 6) is 2.53. The zero-order valence-electron chi connectivity index (χ0n) is 11.5. The van der Waals surface area contributed by atoms with Crippen LogP contribution in [0.4, 0.5) is 0 Å². The van der Waals surface area contributed by atoms with Gasteiger partial charge in [0, 0.05) is 17.1 Å². The first-order valence-electron chi connectivity index (χ1n) is 6.86. The molecule has 3 nitrogen and oxygen atoms in total. The molecule has 0 amide bonds. The van der Waals surface area contributed by atoms with Crippen LogP contribution < -0.4 is 9.47 Å². The molecular formula is C17H15NO2S. The topological polar surface area (TPSA) is 42.2 Å². The molecule has 0 spiro atoms. The standard InChI is InChI=1S/C17H15NO2S/c18-11-13-2-4-14(5-3-13)12-21-15-6-7-16-17(10-15)20-9-1-8-19-16/h2-7,10H,1,8-9,12H2. The summed E-state index contributed by atoms with van der Waals surface area (Å²) in [7, 11) is 0. The third kappa shape index (κ3) is 3.50. The fourth-order valence-corrected chi connectivity index (χ4v) is 2.96. The highest BCUT2D eigenvalue weighted by Crippen LogP contribution is 2.34. The van der Waals surface area contributed by atoms with Crippen molar-refractivity contribution in [3.8, 4) is 17.6 Å². The molecule has 0 saturated heterocycles. The molecule has 0 aromatic heterocycles. The van der Waals surface area contributed by atoms with Crippen molar-refractivity contribution in [2.45, 2.75) is 17.1 Å². The summed E-state index contributed by atoms with van der Waals surface area (Å²) in [5, 5.41) is 8.79. The second-order valence-electron chi connectivity index (χ2n) is 4.76. The van der Waals surface area contributed by atoms with E-state index >= 15 is 0 Å². The predicted molar refractivity (Wildman–Crippen MR) is 82.8 cm³/mol. The smallest absolute Gasteiger partial charge is 0.162 e. The van der Waals surface area contributed by atoms with Crippen molar-refractivity contribution in [1.29, 1.82) is 5.26 Å². The molecule has 1 aliphatic rings. The minimum Gasteiger partial charge on any atom is -0.490 e. The van der Waals surface area contributed by atoms with Gasteiger partial charge in [0.05, 0.1) is 24.8 Å². The van der Waals surface area contributed by atoms with Gasteiger partial charge in [-0.1, -0.05) is 12.1 Å². The number of fused-ring (bicyclic) bond motifs is 1. The van der Waals surface area contributed by atoms with Gasteiger partial charge in [0.25, 0.3) is 0 Å². The maximum Gasteiger partial charge on any atom is 0.162 e. The van der Waals surface area contributed by atoms with Crippen molar-refractivity contribution >= 4 is 11.8 Å². The molecule has 0 radical (unpaired) electrons. The van der Waals surface area contributed by atoms with Crippen molar-refractivity contribution in [1.82, 2.24) is 0 Å². The molecule has 4 heteroatoms. The molecule has 0 atom stereocenters. The summed E-state index contributed by atoms with van der Waals surface area (Å²) in [6.07, 6.45) is 0.919. The predicted octanol–water partition coefficient (Wildman–Crippen LogP) is 4.01. The average molecular weight is 297 g/mol. The van der Waals surface area contributed by atoms with Crippen LogP contribution in [0.2, 0.25) is 0 Å². The molecule has 106 valence electrons. The lowest BCUT2D eigenvalue weighted by Crippen LogP contribution is -1.97. The lowest BCUT2D eigenvalue weighted by Gasteiger charge is -2.09. The Balaban J connectivity index is 1.67. The molecular weight excluding hydrogens is 282 g/mol. The maximum atomic E-state index is 8.79. The van der Waals surface area contributed by atoms with Gasteiger partial charge < -0.3 is 9.47 Å². The molecule has 3 rings (SSSR count). The maximum absolute atomic E-state index is 8.79. The lowest BCUT2D eigenvalue weighted by atomic mass is 10.2. The molecule has 0 unspecified atom stereocenters. The summed E-state index contributed by atoms with van der Waals surface area (Å²) in [4.78, 5) is 1.16. The monoisotopic (exact) mass is 297 g/mol. The van der Waals surface area contributed by atoms with Crippen LogP contribution in [0.15, 0.2) is 47.4 Å². The van der Waals surface area contributed by atoms with Gasteiger partial charge in [-0.3, -0.25) is 0 Å². The van der Waals surface area contributed by atoms with E-state index < -0.39 is 0 Å². The first-order valence-corrected chi connectivity index (χ1v) is 7.85. The Bertz CT molecular complexity index is 661. The highest BCUT2D eigenvalue weighted by molar-refractivity contribution is 7.98. The molecule has 0 bridgehead atoms. The van der Waals surface area contributed by atoms with E-state index in [9.17, 15) is 0 Å². The molecule has 0 aliphatic carbocycles. The summed E-state index contributed by atoms with van der Waals surface area (Å²) in [6, 6.07) is 15.9. The summed E-state index contributed by atoms with van der Waals surface area (Å²) in [6.45, 7) is 1.42. The highest BCUT2D eigenvalue weighted by atomic mass is 32.2. The van der Waals surface area contributed by atoms with Crippen molar-refractivity contribution in [2.24, 2.45) is 0 Å². The van der Waals surface area contributed by atoms with Gasteiger partial charge in [-0.15, -0.1) is 11.8 Å². The Morgan fingerprint density at radius 2 is 1.76 bits per heavy atom. The van der Waals surface area contributed by atoms with Crippen LogP contribution in [0.5, 0.6) is 11.5 Å². The van der Waals surface area contributed by atoms with Crippen molar-refractivity contribution < 1.29 is 9.47 Å². The first-order chi connectivity index (χ1) is 10.3. The van der Waals surface area contributed by atoms with Gasteiger partial charge >= 0.3 is 0 Å². The van der Waals surface area contributed by atoms with Crippen LogP contribution in [0.1, 0.15) is 17.5 Å². The molecule has 0 saturated carbocycles. The average Bonchev–Trinajstić information content (AvgIpc) is 2.78. The highest BCUT2D eigenvalue weighted by Gasteiger charge is 2.10. The van der Waals surface area contributed by atoms with E-state index in [0.29, 0.717) is 18.8 Å². The second-order valence-corrected chi connectivity index (χ2v) is 5.81. The van der Waals surface area contributed by atoms with Gasteiger partial charge in [-0.25, -0.2) is 0 Å². The van der Waals surface area contributed by atoms with Crippen LogP contribution in [0, 0.1) is 11.3 Å². The fraction of sp³-hybridized carbons (Fsp3) is 0.235. The van der Waals surface area contributed by atoms with Crippen LogP contribution in [-0.4, -0.2) is 13.2 Å². The largest absolute Gasteiger partial charge is 0.490 e. The van der Waals surface area contributed by atoms with Gasteiger partial charge in [0.1, 0.15) is 0 Å². The Hall–Kier alpha value is -2.12. The van der Waals surface area contributed by atoms with Crippen LogP contribution in [-0.2, 0) is 5.75 Å². The van der Waals surface area contributed by atoms with E-state index in [1.54, 1.807) is 11.8 Å². The number of nitriles is 1. The van der Waals surface area contributed by atoms with Gasteiger partial charge in [-0.2, -0.15) is 5.26 Å². The molecule has 21 heavy (non-hydrogen) atoms. The number of nitrogens with zero attached hydrogens (tertiary/aromatic N) is 1. The zero-order valence-corrected chi connectivity index (χ0v) is 12.4. The number of ether oxygens (including phenoxy) is 2. The van der Waals surface area contributed by atoms with E-state index in [0.717, 1.165) is 28.6 Å². The minimum atomic E-state index is 0.694. The number of rotatable bonds is 3. The normalized spacial score (nSPS) is 13.3. The molecule has 1 aliphatic heterocycles. The van der Waals surface area contributed by atoms with Crippen molar-refractivity contribution in [3.05, 3.63) is 53.6 Å². The molecule has 1 heterocycles. The second kappa shape index (κ2) is 6.55. The molecule has 0 N–H and O–H groups in total. The fourth-order valence-electron chi connectivity index (χ4n) is 2.08. The Morgan fingerprint density at radius 1 is 1.00 bits per heavy atom. The SMILES string of the molecule is N#Cc1ccc(CSc2ccc3c(c2)OCCCO3)cc1. The summed E-state index contributed by atoms with van der Waals surface area (Å²) in [5.41, 5.74) is 1.89. The Kier molecular flexibility index (Phi) is 4.32. The Morgan fingerprint density at radius 3 is 2.52 bits per heavy atom. The Labute approximate surface area is 128 Å². The van der Waals surface area contributed by atoms with Crippen molar-refractivity contribution in [3.63, 3.8) is 0 Å². The van der Waals surface area contributed by atoms with Crippen molar-refractivity contribution in [2.75, 3.05) is 13.2 Å². The minimum absolute atomic E-state index is 0.694. The number of hydrogen-bond acceptors (Lipinski definition) is 4. The van der Waals surface area contributed by atoms with E-state index in [1.807, 2.05) is 36.4 Å².